The molecule has 2 heterocycles. The van der Waals surface area contributed by atoms with Crippen molar-refractivity contribution in [3.8, 4) is 11.4 Å². The maximum atomic E-state index is 12.8. The summed E-state index contributed by atoms with van der Waals surface area (Å²) >= 11 is 16.2. The molecule has 0 aliphatic carbocycles. The summed E-state index contributed by atoms with van der Waals surface area (Å²) in [7, 11) is 0. The van der Waals surface area contributed by atoms with Crippen molar-refractivity contribution in [3.63, 3.8) is 0 Å². The Bertz CT molecular complexity index is 1260. The number of halogens is 3. The molecule has 148 valence electrons. The van der Waals surface area contributed by atoms with Crippen LogP contribution in [-0.2, 0) is 12.8 Å². The number of aromatic hydroxyl groups is 1. The minimum Gasteiger partial charge on any atom is -0.508 e. The summed E-state index contributed by atoms with van der Waals surface area (Å²) in [5.41, 5.74) is 2.10. The monoisotopic (exact) mass is 492 g/mol. The zero-order valence-electron chi connectivity index (χ0n) is 15.2. The van der Waals surface area contributed by atoms with Gasteiger partial charge in [0.2, 0.25) is 0 Å². The Kier molecular flexibility index (Phi) is 5.38. The van der Waals surface area contributed by atoms with Gasteiger partial charge in [0.15, 0.2) is 5.65 Å². The van der Waals surface area contributed by atoms with E-state index in [0.29, 0.717) is 51.1 Å². The fourth-order valence-corrected chi connectivity index (χ4v) is 4.54. The highest BCUT2D eigenvalue weighted by Crippen LogP contribution is 2.34. The first-order valence-corrected chi connectivity index (χ1v) is 10.4. The third-order valence-electron chi connectivity index (χ3n) is 4.50. The molecule has 9 heteroatoms. The molecular formula is C20H15BrCl2N4O2. The summed E-state index contributed by atoms with van der Waals surface area (Å²) in [5, 5.41) is 15.2. The zero-order chi connectivity index (χ0) is 20.7. The van der Waals surface area contributed by atoms with Gasteiger partial charge in [0.1, 0.15) is 22.6 Å². The average Bonchev–Trinajstić information content (AvgIpc) is 3.02. The van der Waals surface area contributed by atoms with Gasteiger partial charge in [0.25, 0.3) is 5.56 Å². The van der Waals surface area contributed by atoms with Crippen LogP contribution in [0.1, 0.15) is 24.0 Å². The third-order valence-corrected chi connectivity index (χ3v) is 5.53. The first-order valence-electron chi connectivity index (χ1n) is 8.81. The number of hydrogen-bond donors (Lipinski definition) is 2. The number of rotatable bonds is 4. The molecule has 4 aromatic rings. The van der Waals surface area contributed by atoms with Crippen molar-refractivity contribution < 1.29 is 5.11 Å². The minimum absolute atomic E-state index is 0.177. The van der Waals surface area contributed by atoms with Gasteiger partial charge in [0, 0.05) is 10.9 Å². The van der Waals surface area contributed by atoms with E-state index < -0.39 is 0 Å². The lowest BCUT2D eigenvalue weighted by molar-refractivity contribution is 0.475. The summed E-state index contributed by atoms with van der Waals surface area (Å²) in [6.07, 6.45) is 0.942. The van der Waals surface area contributed by atoms with Crippen LogP contribution in [0.4, 0.5) is 0 Å². The molecular weight excluding hydrogens is 479 g/mol. The van der Waals surface area contributed by atoms with Crippen LogP contribution < -0.4 is 5.56 Å². The molecule has 0 aliphatic rings. The molecule has 0 amide bonds. The smallest absolute Gasteiger partial charge is 0.262 e. The number of H-pyrrole nitrogens is 1. The number of nitrogens with one attached hydrogen (secondary N) is 1. The second kappa shape index (κ2) is 7.82. The molecule has 0 radical (unpaired) electrons. The lowest BCUT2D eigenvalue weighted by Crippen LogP contribution is -2.13. The Labute approximate surface area is 184 Å². The van der Waals surface area contributed by atoms with Crippen molar-refractivity contribution in [1.29, 1.82) is 0 Å². The minimum atomic E-state index is -0.267. The van der Waals surface area contributed by atoms with E-state index in [1.165, 1.54) is 4.68 Å². The number of aryl methyl sites for hydroxylation is 1. The van der Waals surface area contributed by atoms with Crippen LogP contribution in [0.15, 0.2) is 45.7 Å². The molecule has 0 unspecified atom stereocenters. The Balaban J connectivity index is 1.93. The number of aromatic amines is 1. The van der Waals surface area contributed by atoms with Gasteiger partial charge in [0.05, 0.1) is 15.7 Å². The van der Waals surface area contributed by atoms with Crippen molar-refractivity contribution in [1.82, 2.24) is 19.7 Å². The van der Waals surface area contributed by atoms with Crippen molar-refractivity contribution in [2.24, 2.45) is 0 Å². The topological polar surface area (TPSA) is 83.8 Å². The fraction of sp³-hybridized carbons (Fsp3) is 0.150. The van der Waals surface area contributed by atoms with Crippen LogP contribution in [0.2, 0.25) is 10.0 Å². The van der Waals surface area contributed by atoms with E-state index in [0.717, 1.165) is 10.0 Å². The quantitative estimate of drug-likeness (QED) is 0.417. The standard InChI is InChI=1S/C20H15BrCl2N4O2/c1-2-15-17-19(27(26-15)18-13(22)8-11(21)9-14(18)23)24-16(25-20(17)29)7-10-3-5-12(28)6-4-10/h3-6,8-9,28H,2,7H2,1H3,(H,24,25,29). The second-order valence-corrected chi connectivity index (χ2v) is 8.21. The average molecular weight is 494 g/mol. The van der Waals surface area contributed by atoms with E-state index >= 15 is 0 Å². The molecule has 6 nitrogen and oxygen atoms in total. The van der Waals surface area contributed by atoms with Crippen LogP contribution in [0.3, 0.4) is 0 Å². The van der Waals surface area contributed by atoms with Gasteiger partial charge in [-0.3, -0.25) is 4.79 Å². The van der Waals surface area contributed by atoms with E-state index in [4.69, 9.17) is 23.2 Å². The summed E-state index contributed by atoms with van der Waals surface area (Å²) in [6, 6.07) is 10.2. The Morgan fingerprint density at radius 1 is 1.17 bits per heavy atom. The van der Waals surface area contributed by atoms with E-state index in [-0.39, 0.29) is 11.3 Å². The Morgan fingerprint density at radius 3 is 2.45 bits per heavy atom. The lowest BCUT2D eigenvalue weighted by Gasteiger charge is -2.09. The highest BCUT2D eigenvalue weighted by atomic mass is 79.9. The normalized spacial score (nSPS) is 11.3. The maximum Gasteiger partial charge on any atom is 0.262 e. The number of fused-ring (bicyclic) bond motifs is 1. The molecule has 0 saturated heterocycles. The van der Waals surface area contributed by atoms with Crippen LogP contribution in [-0.4, -0.2) is 24.9 Å². The summed E-state index contributed by atoms with van der Waals surface area (Å²) in [6.45, 7) is 1.92. The van der Waals surface area contributed by atoms with Crippen LogP contribution in [0.25, 0.3) is 16.7 Å². The number of phenolic OH excluding ortho intramolecular Hbond substituents is 1. The molecule has 0 atom stereocenters. The predicted molar refractivity (Wildman–Crippen MR) is 117 cm³/mol. The number of nitrogens with zero attached hydrogens (tertiary/aromatic N) is 3. The van der Waals surface area contributed by atoms with Crippen molar-refractivity contribution in [2.45, 2.75) is 19.8 Å². The molecule has 0 fully saturated rings. The Hall–Kier alpha value is -2.35. The molecule has 2 aromatic heterocycles. The number of benzene rings is 2. The van der Waals surface area contributed by atoms with E-state index in [1.807, 2.05) is 6.92 Å². The van der Waals surface area contributed by atoms with Gasteiger partial charge in [-0.2, -0.15) is 5.10 Å². The summed E-state index contributed by atoms with van der Waals surface area (Å²) in [5.74, 6) is 0.650. The first-order chi connectivity index (χ1) is 13.9. The molecule has 0 aliphatic heterocycles. The second-order valence-electron chi connectivity index (χ2n) is 6.48. The summed E-state index contributed by atoms with van der Waals surface area (Å²) in [4.78, 5) is 20.3. The highest BCUT2D eigenvalue weighted by Gasteiger charge is 2.20. The van der Waals surface area contributed by atoms with Crippen molar-refractivity contribution in [3.05, 3.63) is 78.4 Å². The van der Waals surface area contributed by atoms with E-state index in [1.54, 1.807) is 36.4 Å². The van der Waals surface area contributed by atoms with Gasteiger partial charge in [-0.15, -0.1) is 0 Å². The predicted octanol–water partition coefficient (Wildman–Crippen LogP) is 5.04. The Morgan fingerprint density at radius 2 is 1.83 bits per heavy atom. The van der Waals surface area contributed by atoms with Gasteiger partial charge < -0.3 is 10.1 Å². The molecule has 0 spiro atoms. The fourth-order valence-electron chi connectivity index (χ4n) is 3.17. The van der Waals surface area contributed by atoms with Crippen molar-refractivity contribution in [2.75, 3.05) is 0 Å². The number of aromatic nitrogens is 4. The van der Waals surface area contributed by atoms with Crippen LogP contribution in [0.5, 0.6) is 5.75 Å². The lowest BCUT2D eigenvalue weighted by atomic mass is 10.1. The maximum absolute atomic E-state index is 12.8. The largest absolute Gasteiger partial charge is 0.508 e. The number of hydrogen-bond acceptors (Lipinski definition) is 4. The zero-order valence-corrected chi connectivity index (χ0v) is 18.3. The molecule has 0 saturated carbocycles. The highest BCUT2D eigenvalue weighted by molar-refractivity contribution is 9.10. The molecule has 4 rings (SSSR count). The summed E-state index contributed by atoms with van der Waals surface area (Å²) < 4.78 is 2.27. The van der Waals surface area contributed by atoms with E-state index in [9.17, 15) is 9.90 Å². The molecule has 2 N–H and O–H groups in total. The first kappa shape index (κ1) is 19.9. The van der Waals surface area contributed by atoms with Gasteiger partial charge in [-0.1, -0.05) is 58.2 Å². The van der Waals surface area contributed by atoms with Crippen LogP contribution in [0, 0.1) is 0 Å². The van der Waals surface area contributed by atoms with Crippen molar-refractivity contribution >= 4 is 50.2 Å². The molecule has 29 heavy (non-hydrogen) atoms. The van der Waals surface area contributed by atoms with Gasteiger partial charge in [-0.05, 0) is 36.2 Å². The number of phenols is 1. The molecule has 2 aromatic carbocycles. The SMILES string of the molecule is CCc1nn(-c2c(Cl)cc(Br)cc2Cl)c2nc(Cc3ccc(O)cc3)[nH]c(=O)c12. The van der Waals surface area contributed by atoms with Crippen LogP contribution >= 0.6 is 39.1 Å². The van der Waals surface area contributed by atoms with Gasteiger partial charge in [-0.25, -0.2) is 9.67 Å². The molecule has 0 bridgehead atoms. The van der Waals surface area contributed by atoms with Gasteiger partial charge >= 0.3 is 0 Å². The third kappa shape index (κ3) is 3.77. The van der Waals surface area contributed by atoms with E-state index in [2.05, 4.69) is 31.0 Å².